The van der Waals surface area contributed by atoms with E-state index in [9.17, 15) is 9.59 Å². The third-order valence-electron chi connectivity index (χ3n) is 7.03. The molecule has 1 atom stereocenters. The number of amides is 2. The van der Waals surface area contributed by atoms with Crippen molar-refractivity contribution in [3.05, 3.63) is 46.2 Å². The highest BCUT2D eigenvalue weighted by molar-refractivity contribution is 6.32. The first-order valence-electron chi connectivity index (χ1n) is 12.0. The van der Waals surface area contributed by atoms with Gasteiger partial charge >= 0.3 is 0 Å². The van der Waals surface area contributed by atoms with Crippen LogP contribution in [0.2, 0.25) is 5.15 Å². The predicted octanol–water partition coefficient (Wildman–Crippen LogP) is 1.83. The number of piperazine rings is 1. The maximum atomic E-state index is 12.9. The zero-order valence-electron chi connectivity index (χ0n) is 20.2. The minimum atomic E-state index is -0.632. The van der Waals surface area contributed by atoms with Crippen LogP contribution in [0.1, 0.15) is 52.6 Å². The Morgan fingerprint density at radius 3 is 2.43 bits per heavy atom. The van der Waals surface area contributed by atoms with Gasteiger partial charge in [-0.05, 0) is 38.3 Å². The summed E-state index contributed by atoms with van der Waals surface area (Å²) in [5, 5.41) is 0.129. The number of carbonyl (C=O) groups excluding carboxylic acids is 2. The number of carbonyl (C=O) groups is 2. The summed E-state index contributed by atoms with van der Waals surface area (Å²) in [6, 6.07) is 8.51. The van der Waals surface area contributed by atoms with Gasteiger partial charge in [0.2, 0.25) is 0 Å². The van der Waals surface area contributed by atoms with Crippen LogP contribution in [0.25, 0.3) is 0 Å². The lowest BCUT2D eigenvalue weighted by atomic mass is 9.97. The molecule has 5 N–H and O–H groups in total. The standard InChI is InChI=1S/C24H33ClN8O2/c1-3-17-14-32(22-20(25)28-19(21(26)29-22)23(34)30-27)12-13-33(17)18-8-10-31(11-9-18)24(35)16-6-4-15(2)5-7-16/h4-7,17-18H,3,8-14,27H2,1-2H3,(H2,26,29)(H,30,34)/t17-/m0/s1. The van der Waals surface area contributed by atoms with Gasteiger partial charge in [0.15, 0.2) is 22.5 Å². The number of hydrogen-bond donors (Lipinski definition) is 3. The molecular weight excluding hydrogens is 468 g/mol. The Kier molecular flexibility index (Phi) is 7.73. The van der Waals surface area contributed by atoms with E-state index in [-0.39, 0.29) is 22.6 Å². The van der Waals surface area contributed by atoms with Gasteiger partial charge in [-0.15, -0.1) is 0 Å². The average Bonchev–Trinajstić information content (AvgIpc) is 2.89. The summed E-state index contributed by atoms with van der Waals surface area (Å²) in [4.78, 5) is 39.8. The predicted molar refractivity (Wildman–Crippen MR) is 136 cm³/mol. The maximum absolute atomic E-state index is 12.9. The van der Waals surface area contributed by atoms with Crippen molar-refractivity contribution < 1.29 is 9.59 Å². The third-order valence-corrected chi connectivity index (χ3v) is 7.28. The Morgan fingerprint density at radius 2 is 1.80 bits per heavy atom. The molecule has 0 unspecified atom stereocenters. The molecule has 1 aromatic heterocycles. The first kappa shape index (κ1) is 25.2. The second-order valence-electron chi connectivity index (χ2n) is 9.18. The Hall–Kier alpha value is -2.95. The van der Waals surface area contributed by atoms with Gasteiger partial charge < -0.3 is 15.5 Å². The van der Waals surface area contributed by atoms with Crippen molar-refractivity contribution in [2.45, 2.75) is 45.2 Å². The van der Waals surface area contributed by atoms with E-state index < -0.39 is 5.91 Å². The SMILES string of the molecule is CC[C@H]1CN(c2nc(N)c(C(=O)NN)nc2Cl)CCN1C1CCN(C(=O)c2ccc(C)cc2)CC1. The van der Waals surface area contributed by atoms with Crippen LogP contribution in [0.5, 0.6) is 0 Å². The van der Waals surface area contributed by atoms with E-state index in [4.69, 9.17) is 23.2 Å². The van der Waals surface area contributed by atoms with Crippen LogP contribution in [-0.2, 0) is 0 Å². The molecule has 35 heavy (non-hydrogen) atoms. The number of likely N-dealkylation sites (tertiary alicyclic amines) is 1. The Bertz CT molecular complexity index is 1070. The monoisotopic (exact) mass is 500 g/mol. The first-order chi connectivity index (χ1) is 16.8. The highest BCUT2D eigenvalue weighted by Crippen LogP contribution is 2.30. The highest BCUT2D eigenvalue weighted by atomic mass is 35.5. The summed E-state index contributed by atoms with van der Waals surface area (Å²) >= 11 is 6.37. The van der Waals surface area contributed by atoms with Gasteiger partial charge in [-0.3, -0.25) is 19.9 Å². The molecule has 2 amide bonds. The van der Waals surface area contributed by atoms with Crippen LogP contribution >= 0.6 is 11.6 Å². The van der Waals surface area contributed by atoms with E-state index in [0.29, 0.717) is 17.9 Å². The number of anilines is 2. The second-order valence-corrected chi connectivity index (χ2v) is 9.54. The second kappa shape index (κ2) is 10.8. The molecule has 2 aromatic rings. The third kappa shape index (κ3) is 5.34. The first-order valence-corrected chi connectivity index (χ1v) is 12.4. The summed E-state index contributed by atoms with van der Waals surface area (Å²) in [5.41, 5.74) is 9.77. The van der Waals surface area contributed by atoms with Gasteiger partial charge in [-0.1, -0.05) is 36.2 Å². The molecule has 2 aliphatic rings. The molecule has 188 valence electrons. The molecule has 11 heteroatoms. The summed E-state index contributed by atoms with van der Waals surface area (Å²) in [6.07, 6.45) is 2.86. The Morgan fingerprint density at radius 1 is 1.11 bits per heavy atom. The van der Waals surface area contributed by atoms with Crippen LogP contribution in [0.3, 0.4) is 0 Å². The fraction of sp³-hybridized carbons (Fsp3) is 0.500. The molecular formula is C24H33ClN8O2. The van der Waals surface area contributed by atoms with Gasteiger partial charge in [0.05, 0.1) is 0 Å². The van der Waals surface area contributed by atoms with Gasteiger partial charge in [0, 0.05) is 50.4 Å². The zero-order chi connectivity index (χ0) is 25.1. The average molecular weight is 501 g/mol. The molecule has 0 aliphatic carbocycles. The number of aryl methyl sites for hydroxylation is 1. The summed E-state index contributed by atoms with van der Waals surface area (Å²) < 4.78 is 0. The molecule has 2 aliphatic heterocycles. The van der Waals surface area contributed by atoms with Crippen LogP contribution in [0, 0.1) is 6.92 Å². The maximum Gasteiger partial charge on any atom is 0.287 e. The Balaban J connectivity index is 1.39. The molecule has 0 spiro atoms. The summed E-state index contributed by atoms with van der Waals surface area (Å²) in [6.45, 7) is 8.00. The molecule has 0 saturated carbocycles. The van der Waals surface area contributed by atoms with Crippen LogP contribution in [-0.4, -0.2) is 76.4 Å². The fourth-order valence-electron chi connectivity index (χ4n) is 5.04. The number of hydrogen-bond acceptors (Lipinski definition) is 8. The number of hydrazine groups is 1. The smallest absolute Gasteiger partial charge is 0.287 e. The molecule has 2 saturated heterocycles. The highest BCUT2D eigenvalue weighted by Gasteiger charge is 2.35. The number of nitrogens with two attached hydrogens (primary N) is 2. The van der Waals surface area contributed by atoms with Crippen molar-refractivity contribution in [3.8, 4) is 0 Å². The van der Waals surface area contributed by atoms with Crippen LogP contribution < -0.4 is 21.9 Å². The summed E-state index contributed by atoms with van der Waals surface area (Å²) in [5.74, 6) is 5.13. The van der Waals surface area contributed by atoms with Gasteiger partial charge in [-0.2, -0.15) is 0 Å². The molecule has 10 nitrogen and oxygen atoms in total. The quantitative estimate of drug-likeness (QED) is 0.321. The van der Waals surface area contributed by atoms with Crippen LogP contribution in [0.4, 0.5) is 11.6 Å². The zero-order valence-corrected chi connectivity index (χ0v) is 21.0. The topological polar surface area (TPSA) is 134 Å². The molecule has 2 fully saturated rings. The Labute approximate surface area is 210 Å². The van der Waals surface area contributed by atoms with Crippen molar-refractivity contribution in [1.29, 1.82) is 0 Å². The number of benzene rings is 1. The van der Waals surface area contributed by atoms with Gasteiger partial charge in [0.25, 0.3) is 11.8 Å². The van der Waals surface area contributed by atoms with E-state index in [2.05, 4.69) is 26.7 Å². The number of nitrogens with zero attached hydrogens (tertiary/aromatic N) is 5. The van der Waals surface area contributed by atoms with Crippen molar-refractivity contribution in [1.82, 2.24) is 25.2 Å². The normalized spacial score (nSPS) is 19.6. The van der Waals surface area contributed by atoms with E-state index in [1.54, 1.807) is 0 Å². The van der Waals surface area contributed by atoms with E-state index >= 15 is 0 Å². The number of nitrogen functional groups attached to an aromatic ring is 2. The molecule has 1 aromatic carbocycles. The van der Waals surface area contributed by atoms with E-state index in [0.717, 1.165) is 63.1 Å². The lowest BCUT2D eigenvalue weighted by Gasteiger charge is -2.47. The lowest BCUT2D eigenvalue weighted by molar-refractivity contribution is 0.0490. The fourth-order valence-corrected chi connectivity index (χ4v) is 5.29. The summed E-state index contributed by atoms with van der Waals surface area (Å²) in [7, 11) is 0. The number of rotatable bonds is 5. The van der Waals surface area contributed by atoms with Crippen molar-refractivity contribution in [2.24, 2.45) is 5.84 Å². The molecule has 0 bridgehead atoms. The van der Waals surface area contributed by atoms with Crippen LogP contribution in [0.15, 0.2) is 24.3 Å². The largest absolute Gasteiger partial charge is 0.382 e. The molecule has 3 heterocycles. The van der Waals surface area contributed by atoms with E-state index in [1.165, 1.54) is 0 Å². The van der Waals surface area contributed by atoms with Gasteiger partial charge in [0.1, 0.15) is 0 Å². The van der Waals surface area contributed by atoms with E-state index in [1.807, 2.05) is 41.5 Å². The number of aromatic nitrogens is 2. The minimum absolute atomic E-state index is 0.00607. The molecule has 4 rings (SSSR count). The number of piperidine rings is 1. The number of halogens is 1. The van der Waals surface area contributed by atoms with Crippen molar-refractivity contribution >= 4 is 35.1 Å². The van der Waals surface area contributed by atoms with Crippen molar-refractivity contribution in [3.63, 3.8) is 0 Å². The van der Waals surface area contributed by atoms with Crippen molar-refractivity contribution in [2.75, 3.05) is 43.4 Å². The lowest BCUT2D eigenvalue weighted by Crippen LogP contribution is -2.58. The number of nitrogens with one attached hydrogen (secondary N) is 1. The minimum Gasteiger partial charge on any atom is -0.382 e. The van der Waals surface area contributed by atoms with Gasteiger partial charge in [-0.25, -0.2) is 15.8 Å². The molecule has 0 radical (unpaired) electrons.